The molecule has 1 aliphatic carbocycles. The van der Waals surface area contributed by atoms with Gasteiger partial charge in [0.15, 0.2) is 0 Å². The molecule has 17 heavy (non-hydrogen) atoms. The fraction of sp³-hybridized carbons (Fsp3) is 1.00. The van der Waals surface area contributed by atoms with Crippen molar-refractivity contribution in [3.8, 4) is 0 Å². The lowest BCUT2D eigenvalue weighted by atomic mass is 9.90. The lowest BCUT2D eigenvalue weighted by Crippen LogP contribution is -2.26. The van der Waals surface area contributed by atoms with Crippen molar-refractivity contribution >= 4 is 15.9 Å². The van der Waals surface area contributed by atoms with Crippen molar-refractivity contribution in [2.75, 3.05) is 18.5 Å². The summed E-state index contributed by atoms with van der Waals surface area (Å²) >= 11 is 3.68. The van der Waals surface area contributed by atoms with Crippen LogP contribution in [-0.4, -0.2) is 18.5 Å². The first kappa shape index (κ1) is 15.5. The summed E-state index contributed by atoms with van der Waals surface area (Å²) in [6, 6.07) is 0. The van der Waals surface area contributed by atoms with E-state index in [9.17, 15) is 0 Å². The predicted octanol–water partition coefficient (Wildman–Crippen LogP) is 5.17. The van der Waals surface area contributed by atoms with Crippen LogP contribution in [0.2, 0.25) is 0 Å². The van der Waals surface area contributed by atoms with Crippen molar-refractivity contribution in [1.82, 2.24) is 0 Å². The molecule has 1 nitrogen and oxygen atoms in total. The highest BCUT2D eigenvalue weighted by Gasteiger charge is 2.33. The molecule has 0 bridgehead atoms. The predicted molar refractivity (Wildman–Crippen MR) is 78.8 cm³/mol. The zero-order valence-corrected chi connectivity index (χ0v) is 13.2. The molecule has 2 heteroatoms. The molecule has 0 radical (unpaired) electrons. The Labute approximate surface area is 116 Å². The van der Waals surface area contributed by atoms with Crippen molar-refractivity contribution in [3.63, 3.8) is 0 Å². The second-order valence-electron chi connectivity index (χ2n) is 5.77. The second-order valence-corrected chi connectivity index (χ2v) is 6.33. The molecule has 102 valence electrons. The fourth-order valence-electron chi connectivity index (χ4n) is 2.78. The number of hydrogen-bond donors (Lipinski definition) is 0. The summed E-state index contributed by atoms with van der Waals surface area (Å²) in [7, 11) is 0. The molecule has 1 fully saturated rings. The summed E-state index contributed by atoms with van der Waals surface area (Å²) in [5.74, 6) is 0.781. The van der Waals surface area contributed by atoms with Gasteiger partial charge in [-0.1, -0.05) is 61.9 Å². The third-order valence-corrected chi connectivity index (χ3v) is 5.44. The number of rotatable bonds is 9. The third-order valence-electron chi connectivity index (χ3n) is 4.25. The Hall–Kier alpha value is 0.440. The first-order chi connectivity index (χ1) is 8.26. The highest BCUT2D eigenvalue weighted by atomic mass is 79.9. The Morgan fingerprint density at radius 1 is 1.24 bits per heavy atom. The van der Waals surface area contributed by atoms with Crippen molar-refractivity contribution in [2.45, 2.75) is 65.2 Å². The van der Waals surface area contributed by atoms with Crippen LogP contribution in [0.5, 0.6) is 0 Å². The zero-order chi connectivity index (χ0) is 12.6. The molecular formula is C15H29BrO. The Morgan fingerprint density at radius 2 is 1.94 bits per heavy atom. The molecule has 1 rings (SSSR count). The maximum Gasteiger partial charge on any atom is 0.0530 e. The quantitative estimate of drug-likeness (QED) is 0.534. The summed E-state index contributed by atoms with van der Waals surface area (Å²) in [4.78, 5) is 0. The Kier molecular flexibility index (Phi) is 7.77. The van der Waals surface area contributed by atoms with Crippen molar-refractivity contribution < 1.29 is 4.74 Å². The van der Waals surface area contributed by atoms with Gasteiger partial charge in [0.25, 0.3) is 0 Å². The van der Waals surface area contributed by atoms with Gasteiger partial charge in [-0.2, -0.15) is 0 Å². The van der Waals surface area contributed by atoms with Gasteiger partial charge in [-0.3, -0.25) is 0 Å². The van der Waals surface area contributed by atoms with Crippen LogP contribution in [0.15, 0.2) is 0 Å². The van der Waals surface area contributed by atoms with E-state index >= 15 is 0 Å². The Balaban J connectivity index is 2.20. The van der Waals surface area contributed by atoms with Gasteiger partial charge in [0, 0.05) is 17.4 Å². The molecule has 0 aromatic heterocycles. The van der Waals surface area contributed by atoms with Gasteiger partial charge in [0.2, 0.25) is 0 Å². The molecule has 0 aromatic carbocycles. The first-order valence-corrected chi connectivity index (χ1v) is 8.52. The van der Waals surface area contributed by atoms with Crippen LogP contribution in [0, 0.1) is 11.3 Å². The molecule has 0 heterocycles. The van der Waals surface area contributed by atoms with Crippen LogP contribution in [-0.2, 0) is 4.74 Å². The molecular weight excluding hydrogens is 276 g/mol. The van der Waals surface area contributed by atoms with E-state index in [0.29, 0.717) is 5.41 Å². The number of unbranched alkanes of at least 4 members (excludes halogenated alkanes) is 1. The van der Waals surface area contributed by atoms with Crippen molar-refractivity contribution in [2.24, 2.45) is 11.3 Å². The molecule has 0 N–H and O–H groups in total. The third kappa shape index (κ3) is 5.30. The topological polar surface area (TPSA) is 9.23 Å². The van der Waals surface area contributed by atoms with Gasteiger partial charge in [-0.05, 0) is 25.2 Å². The van der Waals surface area contributed by atoms with E-state index in [-0.39, 0.29) is 0 Å². The minimum absolute atomic E-state index is 0.461. The first-order valence-electron chi connectivity index (χ1n) is 7.40. The number of alkyl halides is 1. The maximum atomic E-state index is 6.03. The minimum atomic E-state index is 0.461. The lowest BCUT2D eigenvalue weighted by molar-refractivity contribution is 0.0348. The van der Waals surface area contributed by atoms with Crippen LogP contribution < -0.4 is 0 Å². The SMILES string of the molecule is CCCCC(CC)COCC1(CBr)CCCC1. The van der Waals surface area contributed by atoms with Gasteiger partial charge in [0.1, 0.15) is 0 Å². The summed E-state index contributed by atoms with van der Waals surface area (Å²) in [6.07, 6.45) is 10.8. The molecule has 1 unspecified atom stereocenters. The summed E-state index contributed by atoms with van der Waals surface area (Å²) < 4.78 is 6.03. The Bertz CT molecular complexity index is 187. The molecule has 1 atom stereocenters. The van der Waals surface area contributed by atoms with E-state index in [4.69, 9.17) is 4.74 Å². The highest BCUT2D eigenvalue weighted by Crippen LogP contribution is 2.39. The van der Waals surface area contributed by atoms with Crippen LogP contribution in [0.3, 0.4) is 0 Å². The maximum absolute atomic E-state index is 6.03. The standard InChI is InChI=1S/C15H29BrO/c1-3-5-8-14(4-2)11-17-13-15(12-16)9-6-7-10-15/h14H,3-13H2,1-2H3. The zero-order valence-electron chi connectivity index (χ0n) is 11.6. The lowest BCUT2D eigenvalue weighted by Gasteiger charge is -2.27. The fourth-order valence-corrected chi connectivity index (χ4v) is 3.50. The van der Waals surface area contributed by atoms with Gasteiger partial charge >= 0.3 is 0 Å². The monoisotopic (exact) mass is 304 g/mol. The summed E-state index contributed by atoms with van der Waals surface area (Å²) in [5.41, 5.74) is 0.461. The van der Waals surface area contributed by atoms with Crippen molar-refractivity contribution in [3.05, 3.63) is 0 Å². The van der Waals surface area contributed by atoms with E-state index in [0.717, 1.165) is 24.5 Å². The van der Waals surface area contributed by atoms with E-state index in [1.54, 1.807) is 0 Å². The van der Waals surface area contributed by atoms with E-state index in [1.807, 2.05) is 0 Å². The largest absolute Gasteiger partial charge is 0.381 e. The van der Waals surface area contributed by atoms with Gasteiger partial charge in [-0.25, -0.2) is 0 Å². The molecule has 1 aliphatic rings. The minimum Gasteiger partial charge on any atom is -0.381 e. The van der Waals surface area contributed by atoms with Crippen LogP contribution >= 0.6 is 15.9 Å². The molecule has 0 aromatic rings. The average molecular weight is 305 g/mol. The average Bonchev–Trinajstić information content (AvgIpc) is 2.83. The van der Waals surface area contributed by atoms with Crippen LogP contribution in [0.25, 0.3) is 0 Å². The van der Waals surface area contributed by atoms with Gasteiger partial charge in [-0.15, -0.1) is 0 Å². The van der Waals surface area contributed by atoms with E-state index < -0.39 is 0 Å². The highest BCUT2D eigenvalue weighted by molar-refractivity contribution is 9.09. The molecule has 1 saturated carbocycles. The normalized spacial score (nSPS) is 20.6. The van der Waals surface area contributed by atoms with Gasteiger partial charge < -0.3 is 4.74 Å². The number of ether oxygens (including phenoxy) is 1. The Morgan fingerprint density at radius 3 is 2.47 bits per heavy atom. The second kappa shape index (κ2) is 8.53. The number of halogens is 1. The smallest absolute Gasteiger partial charge is 0.0530 e. The van der Waals surface area contributed by atoms with Crippen LogP contribution in [0.1, 0.15) is 65.2 Å². The van der Waals surface area contributed by atoms with Crippen molar-refractivity contribution in [1.29, 1.82) is 0 Å². The molecule has 0 saturated heterocycles. The van der Waals surface area contributed by atoms with E-state index in [2.05, 4.69) is 29.8 Å². The summed E-state index contributed by atoms with van der Waals surface area (Å²) in [6.45, 7) is 6.51. The molecule has 0 amide bonds. The molecule has 0 spiro atoms. The molecule has 0 aliphatic heterocycles. The van der Waals surface area contributed by atoms with E-state index in [1.165, 1.54) is 51.4 Å². The van der Waals surface area contributed by atoms with Gasteiger partial charge in [0.05, 0.1) is 6.61 Å². The summed E-state index contributed by atoms with van der Waals surface area (Å²) in [5, 5.41) is 1.12. The van der Waals surface area contributed by atoms with Crippen LogP contribution in [0.4, 0.5) is 0 Å². The number of hydrogen-bond acceptors (Lipinski definition) is 1.